The number of benzene rings is 2. The fraction of sp³-hybridized carbons (Fsp3) is 0.176. The van der Waals surface area contributed by atoms with Gasteiger partial charge in [0.1, 0.15) is 5.84 Å². The van der Waals surface area contributed by atoms with Gasteiger partial charge in [-0.15, -0.1) is 0 Å². The quantitative estimate of drug-likeness (QED) is 0.629. The normalized spacial score (nSPS) is 16.3. The predicted octanol–water partition coefficient (Wildman–Crippen LogP) is 2.71. The first-order chi connectivity index (χ1) is 11.6. The van der Waals surface area contributed by atoms with E-state index in [9.17, 15) is 14.9 Å². The topological polar surface area (TPSA) is 79.0 Å². The van der Waals surface area contributed by atoms with Crippen molar-refractivity contribution in [1.29, 1.82) is 0 Å². The number of nitro benzene ring substituents is 1. The number of nitrogens with zero attached hydrogens (tertiary/aromatic N) is 4. The Labute approximate surface area is 138 Å². The predicted molar refractivity (Wildman–Crippen MR) is 90.1 cm³/mol. The van der Waals surface area contributed by atoms with Gasteiger partial charge >= 0.3 is 0 Å². The molecule has 0 N–H and O–H groups in total. The average Bonchev–Trinajstić information content (AvgIpc) is 3.18. The van der Waals surface area contributed by atoms with Gasteiger partial charge in [-0.05, 0) is 30.2 Å². The Morgan fingerprint density at radius 3 is 2.58 bits per heavy atom. The molecule has 0 saturated carbocycles. The molecule has 7 heteroatoms. The van der Waals surface area contributed by atoms with E-state index in [0.29, 0.717) is 11.5 Å². The van der Waals surface area contributed by atoms with Crippen molar-refractivity contribution in [2.45, 2.75) is 12.8 Å². The highest BCUT2D eigenvalue weighted by molar-refractivity contribution is 6.17. The molecule has 4 rings (SSSR count). The van der Waals surface area contributed by atoms with Crippen LogP contribution < -0.4 is 9.91 Å². The van der Waals surface area contributed by atoms with Crippen LogP contribution in [0.3, 0.4) is 0 Å². The number of amides is 1. The molecule has 2 aromatic carbocycles. The Kier molecular flexibility index (Phi) is 3.26. The molecule has 0 spiro atoms. The first-order valence-electron chi connectivity index (χ1n) is 7.64. The van der Waals surface area contributed by atoms with Crippen LogP contribution in [0, 0.1) is 10.1 Å². The monoisotopic (exact) mass is 322 g/mol. The van der Waals surface area contributed by atoms with Crippen LogP contribution in [0.25, 0.3) is 0 Å². The highest BCUT2D eigenvalue weighted by atomic mass is 16.6. The molecule has 0 radical (unpaired) electrons. The van der Waals surface area contributed by atoms with Gasteiger partial charge in [0.2, 0.25) is 0 Å². The number of para-hydroxylation sites is 1. The fourth-order valence-electron chi connectivity index (χ4n) is 3.09. The molecule has 7 nitrogen and oxygen atoms in total. The number of carbonyl (C=O) groups excluding carboxylic acids is 1. The number of non-ortho nitro benzene ring substituents is 1. The average molecular weight is 322 g/mol. The highest BCUT2D eigenvalue weighted by Gasteiger charge is 2.32. The molecule has 1 amide bonds. The van der Waals surface area contributed by atoms with Crippen LogP contribution in [0.2, 0.25) is 0 Å². The third-order valence-corrected chi connectivity index (χ3v) is 4.26. The number of rotatable bonds is 2. The van der Waals surface area contributed by atoms with Crippen LogP contribution in [0.4, 0.5) is 17.1 Å². The van der Waals surface area contributed by atoms with Gasteiger partial charge in [0, 0.05) is 24.4 Å². The number of nitro groups is 1. The number of anilines is 2. The minimum absolute atomic E-state index is 0.0110. The van der Waals surface area contributed by atoms with Crippen molar-refractivity contribution in [3.8, 4) is 0 Å². The van der Waals surface area contributed by atoms with Gasteiger partial charge in [0.15, 0.2) is 0 Å². The van der Waals surface area contributed by atoms with Crippen LogP contribution in [-0.4, -0.2) is 23.2 Å². The summed E-state index contributed by atoms with van der Waals surface area (Å²) in [4.78, 5) is 24.7. The van der Waals surface area contributed by atoms with Gasteiger partial charge in [0.25, 0.3) is 11.6 Å². The Morgan fingerprint density at radius 1 is 1.08 bits per heavy atom. The molecule has 2 aromatic rings. The second-order valence-electron chi connectivity index (χ2n) is 5.70. The van der Waals surface area contributed by atoms with Crippen molar-refractivity contribution < 1.29 is 9.72 Å². The Balaban J connectivity index is 1.63. The molecule has 2 aliphatic heterocycles. The van der Waals surface area contributed by atoms with E-state index in [-0.39, 0.29) is 18.0 Å². The number of fused-ring (bicyclic) bond motifs is 1. The summed E-state index contributed by atoms with van der Waals surface area (Å²) in [5.74, 6) is 0.575. The zero-order chi connectivity index (χ0) is 16.7. The molecular formula is C17H14N4O3. The van der Waals surface area contributed by atoms with Crippen molar-refractivity contribution >= 4 is 28.8 Å². The smallest absolute Gasteiger partial charge is 0.269 e. The first kappa shape index (κ1) is 14.4. The Hall–Kier alpha value is -3.22. The van der Waals surface area contributed by atoms with E-state index in [0.717, 1.165) is 18.7 Å². The maximum atomic E-state index is 12.3. The molecule has 0 saturated heterocycles. The summed E-state index contributed by atoms with van der Waals surface area (Å²) in [5.41, 5.74) is 2.87. The van der Waals surface area contributed by atoms with E-state index >= 15 is 0 Å². The molecule has 120 valence electrons. The minimum Gasteiger partial charge on any atom is -0.327 e. The molecule has 0 aliphatic carbocycles. The van der Waals surface area contributed by atoms with Crippen LogP contribution >= 0.6 is 0 Å². The number of carbonyl (C=O) groups is 1. The zero-order valence-corrected chi connectivity index (χ0v) is 12.8. The lowest BCUT2D eigenvalue weighted by atomic mass is 10.2. The zero-order valence-electron chi connectivity index (χ0n) is 12.8. The Morgan fingerprint density at radius 2 is 1.83 bits per heavy atom. The first-order valence-corrected chi connectivity index (χ1v) is 7.64. The summed E-state index contributed by atoms with van der Waals surface area (Å²) in [6.45, 7) is 0.805. The van der Waals surface area contributed by atoms with Gasteiger partial charge in [-0.1, -0.05) is 18.2 Å². The number of hydrazone groups is 1. The summed E-state index contributed by atoms with van der Waals surface area (Å²) in [6, 6.07) is 13.9. The van der Waals surface area contributed by atoms with E-state index in [4.69, 9.17) is 0 Å². The SMILES string of the molecule is O=C1CC(N2CCc3ccccc32)=NN1c1ccc([N+](=O)[O-])cc1. The molecule has 0 aromatic heterocycles. The van der Waals surface area contributed by atoms with Gasteiger partial charge in [-0.2, -0.15) is 10.1 Å². The standard InChI is InChI=1S/C17H14N4O3/c22-17-11-16(19-10-9-12-3-1-2-4-15(12)19)18-20(17)13-5-7-14(8-6-13)21(23)24/h1-8H,9-11H2. The maximum Gasteiger partial charge on any atom is 0.269 e. The summed E-state index contributed by atoms with van der Waals surface area (Å²) >= 11 is 0. The Bertz CT molecular complexity index is 860. The van der Waals surface area contributed by atoms with Crippen LogP contribution in [0.5, 0.6) is 0 Å². The van der Waals surface area contributed by atoms with Gasteiger partial charge < -0.3 is 4.90 Å². The molecule has 0 atom stereocenters. The second-order valence-corrected chi connectivity index (χ2v) is 5.70. The molecule has 2 heterocycles. The van der Waals surface area contributed by atoms with Crippen molar-refractivity contribution in [2.24, 2.45) is 5.10 Å². The maximum absolute atomic E-state index is 12.3. The summed E-state index contributed by atoms with van der Waals surface area (Å²) in [5, 5.41) is 16.5. The minimum atomic E-state index is -0.467. The molecule has 0 fully saturated rings. The molecule has 24 heavy (non-hydrogen) atoms. The van der Waals surface area contributed by atoms with Gasteiger partial charge in [-0.25, -0.2) is 0 Å². The molecule has 2 aliphatic rings. The third-order valence-electron chi connectivity index (χ3n) is 4.26. The largest absolute Gasteiger partial charge is 0.327 e. The lowest BCUT2D eigenvalue weighted by Gasteiger charge is -2.17. The van der Waals surface area contributed by atoms with Gasteiger partial charge in [-0.3, -0.25) is 14.9 Å². The number of hydrogen-bond acceptors (Lipinski definition) is 5. The molecule has 0 unspecified atom stereocenters. The number of amidine groups is 1. The van der Waals surface area contributed by atoms with Crippen LogP contribution in [-0.2, 0) is 11.2 Å². The van der Waals surface area contributed by atoms with E-state index in [1.807, 2.05) is 18.2 Å². The van der Waals surface area contributed by atoms with Gasteiger partial charge in [0.05, 0.1) is 17.0 Å². The number of hydrogen-bond donors (Lipinski definition) is 0. The van der Waals surface area contributed by atoms with E-state index in [2.05, 4.69) is 16.1 Å². The third kappa shape index (κ3) is 2.30. The fourth-order valence-corrected chi connectivity index (χ4v) is 3.09. The van der Waals surface area contributed by atoms with E-state index < -0.39 is 4.92 Å². The van der Waals surface area contributed by atoms with E-state index in [1.165, 1.54) is 22.7 Å². The van der Waals surface area contributed by atoms with Crippen molar-refractivity contribution in [3.63, 3.8) is 0 Å². The molecule has 0 bridgehead atoms. The van der Waals surface area contributed by atoms with Crippen molar-refractivity contribution in [1.82, 2.24) is 0 Å². The van der Waals surface area contributed by atoms with Crippen LogP contribution in [0.1, 0.15) is 12.0 Å². The summed E-state index contributed by atoms with van der Waals surface area (Å²) < 4.78 is 0. The molecular weight excluding hydrogens is 308 g/mol. The highest BCUT2D eigenvalue weighted by Crippen LogP contribution is 2.31. The summed E-state index contributed by atoms with van der Waals surface area (Å²) in [6.07, 6.45) is 1.16. The second kappa shape index (κ2) is 5.45. The summed E-state index contributed by atoms with van der Waals surface area (Å²) in [7, 11) is 0. The lowest BCUT2D eigenvalue weighted by Crippen LogP contribution is -2.27. The lowest BCUT2D eigenvalue weighted by molar-refractivity contribution is -0.384. The van der Waals surface area contributed by atoms with E-state index in [1.54, 1.807) is 12.1 Å². The van der Waals surface area contributed by atoms with Crippen molar-refractivity contribution in [2.75, 3.05) is 16.5 Å². The van der Waals surface area contributed by atoms with Crippen LogP contribution in [0.15, 0.2) is 53.6 Å². The van der Waals surface area contributed by atoms with Crippen molar-refractivity contribution in [3.05, 3.63) is 64.2 Å².